The number of fused-ring (bicyclic) bond motifs is 2. The highest BCUT2D eigenvalue weighted by atomic mass is 32.1. The highest BCUT2D eigenvalue weighted by Gasteiger charge is 2.19. The maximum atomic E-state index is 8.39. The van der Waals surface area contributed by atoms with Crippen LogP contribution >= 0.6 is 22.7 Å². The fourth-order valence-corrected chi connectivity index (χ4v) is 6.66. The molecule has 0 fully saturated rings. The van der Waals surface area contributed by atoms with Crippen molar-refractivity contribution in [3.63, 3.8) is 0 Å². The number of hydrogen-bond donors (Lipinski definition) is 2. The van der Waals surface area contributed by atoms with Crippen LogP contribution in [-0.4, -0.2) is 14.1 Å². The van der Waals surface area contributed by atoms with Gasteiger partial charge in [0.05, 0.1) is 24.5 Å². The minimum absolute atomic E-state index is 0.647. The van der Waals surface area contributed by atoms with Crippen molar-refractivity contribution in [2.75, 3.05) is 0 Å². The Morgan fingerprint density at radius 3 is 1.71 bits per heavy atom. The van der Waals surface area contributed by atoms with Crippen molar-refractivity contribution in [2.24, 2.45) is 0 Å². The summed E-state index contributed by atoms with van der Waals surface area (Å²) in [5, 5.41) is 16.8. The quantitative estimate of drug-likeness (QED) is 0.676. The first-order chi connectivity index (χ1) is 13.7. The zero-order valence-corrected chi connectivity index (χ0v) is 17.6. The third-order valence-corrected chi connectivity index (χ3v) is 8.06. The van der Waals surface area contributed by atoms with Gasteiger partial charge in [-0.25, -0.2) is 0 Å². The van der Waals surface area contributed by atoms with Gasteiger partial charge in [0.2, 0.25) is 0 Å². The van der Waals surface area contributed by atoms with Crippen LogP contribution in [0, 0.1) is 10.8 Å². The van der Waals surface area contributed by atoms with Crippen LogP contribution in [0.1, 0.15) is 58.2 Å². The molecule has 2 aliphatic carbocycles. The molecule has 0 radical (unpaired) electrons. The Morgan fingerprint density at radius 2 is 1.21 bits per heavy atom. The van der Waals surface area contributed by atoms with Crippen LogP contribution < -0.4 is 9.60 Å². The van der Waals surface area contributed by atoms with E-state index < -0.39 is 0 Å². The van der Waals surface area contributed by atoms with E-state index in [1.807, 2.05) is 0 Å². The van der Waals surface area contributed by atoms with Gasteiger partial charge in [-0.3, -0.25) is 15.8 Å². The lowest BCUT2D eigenvalue weighted by molar-refractivity contribution is 0.604. The zero-order valence-electron chi connectivity index (χ0n) is 16.0. The highest BCUT2D eigenvalue weighted by molar-refractivity contribution is 7.09. The molecule has 146 valence electrons. The van der Waals surface area contributed by atoms with E-state index in [0.717, 1.165) is 37.1 Å². The summed E-state index contributed by atoms with van der Waals surface area (Å²) in [5.74, 6) is 0. The van der Waals surface area contributed by atoms with Crippen LogP contribution in [0.25, 0.3) is 0 Å². The second-order valence-corrected chi connectivity index (χ2v) is 9.93. The summed E-state index contributed by atoms with van der Waals surface area (Å²) < 4.78 is 4.31. The first-order valence-electron chi connectivity index (χ1n) is 10.2. The smallest absolute Gasteiger partial charge is 0.182 e. The van der Waals surface area contributed by atoms with E-state index in [1.54, 1.807) is 22.7 Å². The first-order valence-corrected chi connectivity index (χ1v) is 11.8. The van der Waals surface area contributed by atoms with Gasteiger partial charge in [-0.2, -0.15) is 0 Å². The molecule has 3 aromatic rings. The molecule has 28 heavy (non-hydrogen) atoms. The van der Waals surface area contributed by atoms with Gasteiger partial charge in [0.25, 0.3) is 0 Å². The Morgan fingerprint density at radius 1 is 0.750 bits per heavy atom. The fourth-order valence-electron chi connectivity index (χ4n) is 4.47. The molecule has 0 atom stereocenters. The van der Waals surface area contributed by atoms with E-state index in [1.165, 1.54) is 46.8 Å². The van der Waals surface area contributed by atoms with E-state index in [-0.39, 0.29) is 0 Å². The number of nitrogens with zero attached hydrogens (tertiary/aromatic N) is 3. The Bertz CT molecular complexity index is 1050. The lowest BCUT2D eigenvalue weighted by atomic mass is 10.0. The summed E-state index contributed by atoms with van der Waals surface area (Å²) in [5.41, 5.74) is 4.73. The van der Waals surface area contributed by atoms with Crippen molar-refractivity contribution >= 4 is 22.7 Å². The number of rotatable bonds is 4. The van der Waals surface area contributed by atoms with E-state index in [9.17, 15) is 0 Å². The maximum absolute atomic E-state index is 8.39. The van der Waals surface area contributed by atoms with Gasteiger partial charge < -0.3 is 9.13 Å². The van der Waals surface area contributed by atoms with Crippen LogP contribution in [0.3, 0.4) is 0 Å². The van der Waals surface area contributed by atoms with E-state index in [4.69, 9.17) is 15.8 Å². The predicted molar refractivity (Wildman–Crippen MR) is 112 cm³/mol. The van der Waals surface area contributed by atoms with Crippen molar-refractivity contribution in [1.82, 2.24) is 14.1 Å². The summed E-state index contributed by atoms with van der Waals surface area (Å²) in [7, 11) is 0. The molecule has 2 N–H and O–H groups in total. The van der Waals surface area contributed by atoms with Gasteiger partial charge in [0, 0.05) is 21.1 Å². The molecule has 0 amide bonds. The summed E-state index contributed by atoms with van der Waals surface area (Å²) in [6.45, 7) is 1.36. The Labute approximate surface area is 172 Å². The second kappa shape index (κ2) is 7.44. The highest BCUT2D eigenvalue weighted by Crippen LogP contribution is 2.25. The molecule has 0 bridgehead atoms. The molecule has 0 spiro atoms. The second-order valence-electron chi connectivity index (χ2n) is 7.76. The number of pyridine rings is 1. The molecule has 5 rings (SSSR count). The summed E-state index contributed by atoms with van der Waals surface area (Å²) in [6, 6.07) is 6.21. The number of aromatic nitrogens is 3. The largest absolute Gasteiger partial charge is 0.315 e. The maximum Gasteiger partial charge on any atom is 0.182 e. The van der Waals surface area contributed by atoms with Crippen molar-refractivity contribution in [3.05, 3.63) is 60.3 Å². The Kier molecular flexibility index (Phi) is 4.80. The molecular weight excluding hydrogens is 386 g/mol. The predicted octanol–water partition coefficient (Wildman–Crippen LogP) is 3.62. The molecule has 2 aliphatic rings. The molecule has 0 aliphatic heterocycles. The summed E-state index contributed by atoms with van der Waals surface area (Å²) >= 11 is 3.27. The fraction of sp³-hybridized carbons (Fsp3) is 0.476. The van der Waals surface area contributed by atoms with Crippen molar-refractivity contribution < 1.29 is 0 Å². The first kappa shape index (κ1) is 18.1. The molecule has 3 aromatic heterocycles. The SMILES string of the molecule is N=c1sc2c(n1Cc1cccc(Cn3c4c(sc3=N)CCCC4)n1)CCCC2. The lowest BCUT2D eigenvalue weighted by Crippen LogP contribution is -2.21. The van der Waals surface area contributed by atoms with Crippen LogP contribution in [-0.2, 0) is 38.8 Å². The monoisotopic (exact) mass is 411 g/mol. The Hall–Kier alpha value is -1.99. The molecule has 3 heterocycles. The van der Waals surface area contributed by atoms with Crippen molar-refractivity contribution in [3.8, 4) is 0 Å². The van der Waals surface area contributed by atoms with Gasteiger partial charge in [0.1, 0.15) is 0 Å². The zero-order chi connectivity index (χ0) is 19.1. The van der Waals surface area contributed by atoms with Gasteiger partial charge >= 0.3 is 0 Å². The molecule has 0 saturated carbocycles. The minimum atomic E-state index is 0.647. The molecule has 0 unspecified atom stereocenters. The standard InChI is InChI=1S/C21H25N5S2/c22-20-25(16-8-1-3-10-18(16)27-20)12-14-6-5-7-15(24-14)13-26-17-9-2-4-11-19(17)28-21(26)23/h5-7,22-23H,1-4,8-13H2. The third-order valence-electron chi connectivity index (χ3n) is 5.86. The topological polar surface area (TPSA) is 70.5 Å². The molecular formula is C21H25N5S2. The summed E-state index contributed by atoms with van der Waals surface area (Å²) in [4.78, 5) is 8.99. The number of hydrogen-bond acceptors (Lipinski definition) is 5. The molecule has 0 aromatic carbocycles. The van der Waals surface area contributed by atoms with Gasteiger partial charge in [-0.1, -0.05) is 6.07 Å². The Balaban J connectivity index is 1.42. The van der Waals surface area contributed by atoms with Crippen LogP contribution in [0.15, 0.2) is 18.2 Å². The number of nitrogens with one attached hydrogen (secondary N) is 2. The molecule has 7 heteroatoms. The average molecular weight is 412 g/mol. The van der Waals surface area contributed by atoms with Gasteiger partial charge in [-0.05, 0) is 63.5 Å². The van der Waals surface area contributed by atoms with Crippen LogP contribution in [0.5, 0.6) is 0 Å². The number of thiazole rings is 2. The molecule has 5 nitrogen and oxygen atoms in total. The van der Waals surface area contributed by atoms with Crippen LogP contribution in [0.4, 0.5) is 0 Å². The normalized spacial score (nSPS) is 16.0. The summed E-state index contributed by atoms with van der Waals surface area (Å²) in [6.07, 6.45) is 9.37. The third kappa shape index (κ3) is 3.31. The van der Waals surface area contributed by atoms with Crippen molar-refractivity contribution in [2.45, 2.75) is 64.5 Å². The average Bonchev–Trinajstić information content (AvgIpc) is 3.19. The van der Waals surface area contributed by atoms with E-state index >= 15 is 0 Å². The van der Waals surface area contributed by atoms with Gasteiger partial charge in [-0.15, -0.1) is 22.7 Å². The number of aryl methyl sites for hydroxylation is 2. The van der Waals surface area contributed by atoms with Crippen LogP contribution in [0.2, 0.25) is 0 Å². The van der Waals surface area contributed by atoms with E-state index in [0.29, 0.717) is 22.7 Å². The molecule has 0 saturated heterocycles. The van der Waals surface area contributed by atoms with Gasteiger partial charge in [0.15, 0.2) is 9.60 Å². The minimum Gasteiger partial charge on any atom is -0.315 e. The van der Waals surface area contributed by atoms with E-state index in [2.05, 4.69) is 27.3 Å². The van der Waals surface area contributed by atoms with Crippen molar-refractivity contribution in [1.29, 1.82) is 10.8 Å². The lowest BCUT2D eigenvalue weighted by Gasteiger charge is -2.16.